The minimum absolute atomic E-state index is 0.0958. The summed E-state index contributed by atoms with van der Waals surface area (Å²) in [5.41, 5.74) is 1.50. The highest BCUT2D eigenvalue weighted by Gasteiger charge is 2.07. The molecule has 2 aromatic rings. The number of benzene rings is 1. The van der Waals surface area contributed by atoms with Crippen LogP contribution in [-0.4, -0.2) is 16.7 Å². The van der Waals surface area contributed by atoms with E-state index < -0.39 is 0 Å². The lowest BCUT2D eigenvalue weighted by Gasteiger charge is -2.12. The van der Waals surface area contributed by atoms with E-state index in [9.17, 15) is 5.11 Å². The number of pyridine rings is 1. The summed E-state index contributed by atoms with van der Waals surface area (Å²) in [5, 5.41) is 13.3. The first-order valence-corrected chi connectivity index (χ1v) is 6.38. The van der Waals surface area contributed by atoms with Gasteiger partial charge in [-0.25, -0.2) is 4.98 Å². The molecular formula is C14H15ClN2O2. The molecule has 0 aliphatic heterocycles. The van der Waals surface area contributed by atoms with Crippen molar-refractivity contribution >= 4 is 17.3 Å². The third-order valence-electron chi connectivity index (χ3n) is 2.59. The number of para-hydroxylation sites is 1. The van der Waals surface area contributed by atoms with E-state index in [0.29, 0.717) is 24.1 Å². The van der Waals surface area contributed by atoms with Crippen molar-refractivity contribution < 1.29 is 9.84 Å². The average molecular weight is 279 g/mol. The van der Waals surface area contributed by atoms with Crippen LogP contribution in [0.1, 0.15) is 12.5 Å². The summed E-state index contributed by atoms with van der Waals surface area (Å²) >= 11 is 5.86. The second kappa shape index (κ2) is 6.29. The Morgan fingerprint density at radius 1 is 1.32 bits per heavy atom. The molecule has 0 saturated carbocycles. The first-order valence-electron chi connectivity index (χ1n) is 6.00. The van der Waals surface area contributed by atoms with E-state index in [-0.39, 0.29) is 5.75 Å². The highest BCUT2D eigenvalue weighted by molar-refractivity contribution is 6.32. The van der Waals surface area contributed by atoms with Crippen molar-refractivity contribution in [2.75, 3.05) is 11.9 Å². The minimum atomic E-state index is 0.0958. The fraction of sp³-hybridized carbons (Fsp3) is 0.214. The number of ether oxygens (including phenoxy) is 1. The van der Waals surface area contributed by atoms with Gasteiger partial charge in [-0.15, -0.1) is 0 Å². The molecule has 1 aromatic heterocycles. The molecule has 2 rings (SSSR count). The Morgan fingerprint density at radius 3 is 2.95 bits per heavy atom. The van der Waals surface area contributed by atoms with Crippen molar-refractivity contribution in [1.82, 2.24) is 4.98 Å². The van der Waals surface area contributed by atoms with E-state index in [0.717, 1.165) is 11.3 Å². The van der Waals surface area contributed by atoms with Crippen LogP contribution in [0, 0.1) is 0 Å². The fourth-order valence-corrected chi connectivity index (χ4v) is 1.86. The molecule has 0 atom stereocenters. The largest absolute Gasteiger partial charge is 0.506 e. The minimum Gasteiger partial charge on any atom is -0.506 e. The van der Waals surface area contributed by atoms with Crippen LogP contribution >= 0.6 is 11.6 Å². The van der Waals surface area contributed by atoms with Gasteiger partial charge in [-0.3, -0.25) is 0 Å². The molecule has 19 heavy (non-hydrogen) atoms. The van der Waals surface area contributed by atoms with Gasteiger partial charge >= 0.3 is 0 Å². The highest BCUT2D eigenvalue weighted by atomic mass is 35.5. The molecule has 0 bridgehead atoms. The Balaban J connectivity index is 2.12. The van der Waals surface area contributed by atoms with Crippen LogP contribution in [-0.2, 0) is 6.54 Å². The van der Waals surface area contributed by atoms with Crippen LogP contribution in [0.2, 0.25) is 5.02 Å². The van der Waals surface area contributed by atoms with E-state index in [1.165, 1.54) is 0 Å². The van der Waals surface area contributed by atoms with Gasteiger partial charge < -0.3 is 15.2 Å². The Kier molecular flexibility index (Phi) is 4.47. The first kappa shape index (κ1) is 13.5. The summed E-state index contributed by atoms with van der Waals surface area (Å²) < 4.78 is 5.42. The smallest absolute Gasteiger partial charge is 0.237 e. The maximum Gasteiger partial charge on any atom is 0.237 e. The van der Waals surface area contributed by atoms with Crippen molar-refractivity contribution in [2.24, 2.45) is 0 Å². The number of halogens is 1. The molecule has 0 aliphatic rings. The van der Waals surface area contributed by atoms with Crippen LogP contribution < -0.4 is 10.1 Å². The van der Waals surface area contributed by atoms with Crippen LogP contribution in [0.3, 0.4) is 0 Å². The number of nitrogens with one attached hydrogen (secondary N) is 1. The fourth-order valence-electron chi connectivity index (χ4n) is 1.67. The number of hydrogen-bond donors (Lipinski definition) is 2. The molecule has 0 radical (unpaired) electrons. The van der Waals surface area contributed by atoms with Crippen LogP contribution in [0.25, 0.3) is 0 Å². The molecule has 1 heterocycles. The van der Waals surface area contributed by atoms with Crippen molar-refractivity contribution in [1.29, 1.82) is 0 Å². The molecular weight excluding hydrogens is 264 g/mol. The first-order chi connectivity index (χ1) is 9.22. The molecule has 2 N–H and O–H groups in total. The number of aromatic hydroxyl groups is 1. The molecule has 1 aromatic carbocycles. The summed E-state index contributed by atoms with van der Waals surface area (Å²) in [6, 6.07) is 8.95. The summed E-state index contributed by atoms with van der Waals surface area (Å²) in [5.74, 6) is 0.644. The predicted octanol–water partition coefficient (Wildman–Crippen LogP) is 3.45. The standard InChI is InChI=1S/C14H15ClN2O2/c1-2-19-14-12(7-4-8-16-14)17-9-10-5-3-6-11(15)13(10)18/h3-8,17-18H,2,9H2,1H3. The normalized spacial score (nSPS) is 10.2. The molecule has 0 spiro atoms. The maximum absolute atomic E-state index is 9.83. The summed E-state index contributed by atoms with van der Waals surface area (Å²) in [4.78, 5) is 4.15. The summed E-state index contributed by atoms with van der Waals surface area (Å²) in [6.45, 7) is 2.90. The van der Waals surface area contributed by atoms with Gasteiger partial charge in [0.25, 0.3) is 0 Å². The Hall–Kier alpha value is -1.94. The number of hydrogen-bond acceptors (Lipinski definition) is 4. The molecule has 5 heteroatoms. The number of aromatic nitrogens is 1. The lowest BCUT2D eigenvalue weighted by molar-refractivity contribution is 0.328. The lowest BCUT2D eigenvalue weighted by Crippen LogP contribution is -2.04. The number of phenols is 1. The van der Waals surface area contributed by atoms with Crippen LogP contribution in [0.15, 0.2) is 36.5 Å². The predicted molar refractivity (Wildman–Crippen MR) is 75.8 cm³/mol. The quantitative estimate of drug-likeness (QED) is 0.879. The van der Waals surface area contributed by atoms with E-state index in [1.807, 2.05) is 25.1 Å². The SMILES string of the molecule is CCOc1ncccc1NCc1cccc(Cl)c1O. The van der Waals surface area contributed by atoms with Crippen molar-refractivity contribution in [3.05, 3.63) is 47.1 Å². The second-order valence-corrected chi connectivity index (χ2v) is 4.30. The van der Waals surface area contributed by atoms with Gasteiger partial charge in [-0.1, -0.05) is 23.7 Å². The summed E-state index contributed by atoms with van der Waals surface area (Å²) in [7, 11) is 0. The summed E-state index contributed by atoms with van der Waals surface area (Å²) in [6.07, 6.45) is 1.67. The Bertz CT molecular complexity index is 561. The Labute approximate surface area is 117 Å². The number of phenolic OH excluding ortho intramolecular Hbond substituents is 1. The third kappa shape index (κ3) is 3.29. The van der Waals surface area contributed by atoms with Crippen LogP contribution in [0.5, 0.6) is 11.6 Å². The van der Waals surface area contributed by atoms with Gasteiger partial charge in [-0.05, 0) is 25.1 Å². The number of anilines is 1. The zero-order valence-corrected chi connectivity index (χ0v) is 11.3. The van der Waals surface area contributed by atoms with Gasteiger partial charge in [-0.2, -0.15) is 0 Å². The Morgan fingerprint density at radius 2 is 2.16 bits per heavy atom. The second-order valence-electron chi connectivity index (χ2n) is 3.89. The zero-order chi connectivity index (χ0) is 13.7. The highest BCUT2D eigenvalue weighted by Crippen LogP contribution is 2.28. The molecule has 100 valence electrons. The van der Waals surface area contributed by atoms with E-state index in [4.69, 9.17) is 16.3 Å². The molecule has 0 amide bonds. The van der Waals surface area contributed by atoms with Crippen molar-refractivity contribution in [3.8, 4) is 11.6 Å². The van der Waals surface area contributed by atoms with Crippen molar-refractivity contribution in [2.45, 2.75) is 13.5 Å². The van der Waals surface area contributed by atoms with Gasteiger partial charge in [0.05, 0.1) is 17.3 Å². The van der Waals surface area contributed by atoms with Gasteiger partial charge in [0.15, 0.2) is 0 Å². The molecule has 0 saturated heterocycles. The van der Waals surface area contributed by atoms with Gasteiger partial charge in [0.1, 0.15) is 5.75 Å². The molecule has 0 unspecified atom stereocenters. The van der Waals surface area contributed by atoms with Gasteiger partial charge in [0, 0.05) is 18.3 Å². The van der Waals surface area contributed by atoms with E-state index >= 15 is 0 Å². The zero-order valence-electron chi connectivity index (χ0n) is 10.6. The topological polar surface area (TPSA) is 54.4 Å². The monoisotopic (exact) mass is 278 g/mol. The van der Waals surface area contributed by atoms with Gasteiger partial charge in [0.2, 0.25) is 5.88 Å². The maximum atomic E-state index is 9.83. The molecule has 4 nitrogen and oxygen atoms in total. The van der Waals surface area contributed by atoms with Crippen molar-refractivity contribution in [3.63, 3.8) is 0 Å². The molecule has 0 aliphatic carbocycles. The number of rotatable bonds is 5. The van der Waals surface area contributed by atoms with E-state index in [1.54, 1.807) is 18.3 Å². The van der Waals surface area contributed by atoms with Crippen LogP contribution in [0.4, 0.5) is 5.69 Å². The lowest BCUT2D eigenvalue weighted by atomic mass is 10.2. The number of nitrogens with zero attached hydrogens (tertiary/aromatic N) is 1. The van der Waals surface area contributed by atoms with E-state index in [2.05, 4.69) is 10.3 Å². The molecule has 0 fully saturated rings. The average Bonchev–Trinajstić information content (AvgIpc) is 2.42. The third-order valence-corrected chi connectivity index (χ3v) is 2.90.